The summed E-state index contributed by atoms with van der Waals surface area (Å²) in [4.78, 5) is 30.4. The zero-order chi connectivity index (χ0) is 28.4. The Kier molecular flexibility index (Phi) is 7.09. The summed E-state index contributed by atoms with van der Waals surface area (Å²) in [6.45, 7) is 8.25. The van der Waals surface area contributed by atoms with Gasteiger partial charge in [-0.1, -0.05) is 57.2 Å². The highest BCUT2D eigenvalue weighted by atomic mass is 16.5. The van der Waals surface area contributed by atoms with Crippen molar-refractivity contribution < 1.29 is 14.6 Å². The summed E-state index contributed by atoms with van der Waals surface area (Å²) >= 11 is 0. The third kappa shape index (κ3) is 5.03. The van der Waals surface area contributed by atoms with E-state index in [0.29, 0.717) is 33.4 Å². The van der Waals surface area contributed by atoms with Crippen LogP contribution in [0.5, 0.6) is 5.88 Å². The van der Waals surface area contributed by atoms with E-state index in [4.69, 9.17) is 14.8 Å². The SMILES string of the molecule is CCOC(=O)c1ccc(-n2c(O)c(/C=N/c3cc(C(C)(C)C)nn3-c3ccccc3)c3ccccc3c2=O)cc1. The highest BCUT2D eigenvalue weighted by Gasteiger charge is 2.21. The van der Waals surface area contributed by atoms with Crippen LogP contribution in [0.15, 0.2) is 94.7 Å². The monoisotopic (exact) mass is 534 g/mol. The molecular formula is C32H30N4O4. The third-order valence-corrected chi connectivity index (χ3v) is 6.53. The predicted octanol–water partition coefficient (Wildman–Crippen LogP) is 6.11. The number of pyridine rings is 1. The Morgan fingerprint density at radius 1 is 0.950 bits per heavy atom. The molecule has 0 radical (unpaired) electrons. The molecule has 2 aromatic heterocycles. The number of aromatic hydroxyl groups is 1. The van der Waals surface area contributed by atoms with Crippen molar-refractivity contribution in [3.63, 3.8) is 0 Å². The number of rotatable bonds is 6. The molecule has 3 aromatic carbocycles. The van der Waals surface area contributed by atoms with Crippen LogP contribution in [0.1, 0.15) is 49.3 Å². The Morgan fingerprint density at radius 3 is 2.25 bits per heavy atom. The van der Waals surface area contributed by atoms with E-state index in [1.807, 2.05) is 42.5 Å². The molecule has 0 amide bonds. The molecule has 0 aliphatic rings. The number of aromatic nitrogens is 3. The van der Waals surface area contributed by atoms with Crippen molar-refractivity contribution in [2.24, 2.45) is 4.99 Å². The first-order chi connectivity index (χ1) is 19.2. The molecule has 8 heteroatoms. The van der Waals surface area contributed by atoms with E-state index in [9.17, 15) is 14.7 Å². The number of carbonyl (C=O) groups is 1. The highest BCUT2D eigenvalue weighted by molar-refractivity contribution is 6.02. The number of ether oxygens (including phenoxy) is 1. The summed E-state index contributed by atoms with van der Waals surface area (Å²) < 4.78 is 8.03. The minimum Gasteiger partial charge on any atom is -0.494 e. The lowest BCUT2D eigenvalue weighted by Crippen LogP contribution is -2.20. The van der Waals surface area contributed by atoms with Crippen molar-refractivity contribution >= 4 is 28.8 Å². The molecule has 0 saturated carbocycles. The van der Waals surface area contributed by atoms with Crippen molar-refractivity contribution in [2.45, 2.75) is 33.1 Å². The van der Waals surface area contributed by atoms with Crippen LogP contribution >= 0.6 is 0 Å². The Balaban J connectivity index is 1.66. The number of carbonyl (C=O) groups excluding carboxylic acids is 1. The van der Waals surface area contributed by atoms with Crippen LogP contribution in [0.3, 0.4) is 0 Å². The maximum absolute atomic E-state index is 13.5. The molecule has 5 rings (SSSR count). The van der Waals surface area contributed by atoms with Gasteiger partial charge in [-0.05, 0) is 49.4 Å². The second-order valence-corrected chi connectivity index (χ2v) is 10.3. The van der Waals surface area contributed by atoms with E-state index in [1.54, 1.807) is 60.3 Å². The van der Waals surface area contributed by atoms with E-state index < -0.39 is 11.5 Å². The summed E-state index contributed by atoms with van der Waals surface area (Å²) in [7, 11) is 0. The molecule has 0 spiro atoms. The first-order valence-electron chi connectivity index (χ1n) is 13.0. The second kappa shape index (κ2) is 10.6. The van der Waals surface area contributed by atoms with Crippen LogP contribution in [-0.2, 0) is 10.2 Å². The zero-order valence-electron chi connectivity index (χ0n) is 22.8. The number of hydrogen-bond donors (Lipinski definition) is 1. The average Bonchev–Trinajstić information content (AvgIpc) is 3.39. The number of benzene rings is 3. The van der Waals surface area contributed by atoms with Crippen molar-refractivity contribution in [1.82, 2.24) is 14.3 Å². The quantitative estimate of drug-likeness (QED) is 0.209. The Hall–Kier alpha value is -4.98. The molecule has 0 fully saturated rings. The highest BCUT2D eigenvalue weighted by Crippen LogP contribution is 2.30. The summed E-state index contributed by atoms with van der Waals surface area (Å²) in [5, 5.41) is 17.2. The topological polar surface area (TPSA) is 98.7 Å². The molecule has 0 saturated heterocycles. The summed E-state index contributed by atoms with van der Waals surface area (Å²) in [6.07, 6.45) is 1.56. The van der Waals surface area contributed by atoms with Gasteiger partial charge in [-0.15, -0.1) is 0 Å². The standard InChI is InChI=1S/C32H30N4O4/c1-5-40-31(39)21-15-17-22(18-16-21)35-29(37)25-14-10-9-13-24(25)26(30(35)38)20-33-28-19-27(32(2,3)4)34-36(28)23-11-7-6-8-12-23/h6-20,38H,5H2,1-4H3/b33-20+. The van der Waals surface area contributed by atoms with Gasteiger partial charge in [0.25, 0.3) is 5.56 Å². The molecule has 5 aromatic rings. The molecule has 40 heavy (non-hydrogen) atoms. The number of fused-ring (bicyclic) bond motifs is 1. The van der Waals surface area contributed by atoms with Crippen LogP contribution in [0.2, 0.25) is 0 Å². The number of hydrogen-bond acceptors (Lipinski definition) is 6. The third-order valence-electron chi connectivity index (χ3n) is 6.53. The van der Waals surface area contributed by atoms with E-state index in [0.717, 1.165) is 11.4 Å². The van der Waals surface area contributed by atoms with E-state index in [2.05, 4.69) is 20.8 Å². The Bertz CT molecular complexity index is 1780. The fourth-order valence-electron chi connectivity index (χ4n) is 4.41. The van der Waals surface area contributed by atoms with Gasteiger partial charge < -0.3 is 9.84 Å². The van der Waals surface area contributed by atoms with Crippen molar-refractivity contribution in [1.29, 1.82) is 0 Å². The van der Waals surface area contributed by atoms with Crippen molar-refractivity contribution in [3.05, 3.63) is 112 Å². The van der Waals surface area contributed by atoms with Gasteiger partial charge in [0.2, 0.25) is 5.88 Å². The first kappa shape index (κ1) is 26.6. The smallest absolute Gasteiger partial charge is 0.338 e. The molecule has 0 unspecified atom stereocenters. The van der Waals surface area contributed by atoms with Crippen LogP contribution in [0.4, 0.5) is 5.82 Å². The molecule has 1 N–H and O–H groups in total. The van der Waals surface area contributed by atoms with Gasteiger partial charge in [0.1, 0.15) is 0 Å². The second-order valence-electron chi connectivity index (χ2n) is 10.3. The van der Waals surface area contributed by atoms with Crippen LogP contribution in [0.25, 0.3) is 22.1 Å². The van der Waals surface area contributed by atoms with Crippen molar-refractivity contribution in [2.75, 3.05) is 6.61 Å². The van der Waals surface area contributed by atoms with Crippen LogP contribution in [-0.4, -0.2) is 38.2 Å². The molecule has 0 bridgehead atoms. The molecular weight excluding hydrogens is 504 g/mol. The minimum atomic E-state index is -0.457. The van der Waals surface area contributed by atoms with Gasteiger partial charge in [-0.2, -0.15) is 5.10 Å². The lowest BCUT2D eigenvalue weighted by molar-refractivity contribution is 0.0526. The first-order valence-corrected chi connectivity index (χ1v) is 13.0. The van der Waals surface area contributed by atoms with Gasteiger partial charge in [0, 0.05) is 28.5 Å². The minimum absolute atomic E-state index is 0.206. The Morgan fingerprint density at radius 2 is 1.60 bits per heavy atom. The molecule has 202 valence electrons. The van der Waals surface area contributed by atoms with Crippen LogP contribution in [0, 0.1) is 0 Å². The fraction of sp³-hybridized carbons (Fsp3) is 0.188. The van der Waals surface area contributed by atoms with E-state index >= 15 is 0 Å². The van der Waals surface area contributed by atoms with Gasteiger partial charge in [0.05, 0.1) is 34.8 Å². The summed E-state index contributed by atoms with van der Waals surface area (Å²) in [6, 6.07) is 25.0. The normalized spacial score (nSPS) is 11.8. The number of nitrogens with zero attached hydrogens (tertiary/aromatic N) is 4. The molecule has 0 aliphatic carbocycles. The van der Waals surface area contributed by atoms with Gasteiger partial charge in [0.15, 0.2) is 5.82 Å². The number of esters is 1. The van der Waals surface area contributed by atoms with Gasteiger partial charge >= 0.3 is 5.97 Å². The molecule has 0 atom stereocenters. The summed E-state index contributed by atoms with van der Waals surface area (Å²) in [5.74, 6) is -0.143. The Labute approximate surface area is 231 Å². The predicted molar refractivity (Wildman–Crippen MR) is 157 cm³/mol. The number of aliphatic imine (C=N–C) groups is 1. The fourth-order valence-corrected chi connectivity index (χ4v) is 4.41. The largest absolute Gasteiger partial charge is 0.494 e. The average molecular weight is 535 g/mol. The maximum Gasteiger partial charge on any atom is 0.338 e. The van der Waals surface area contributed by atoms with Crippen molar-refractivity contribution in [3.8, 4) is 17.3 Å². The maximum atomic E-state index is 13.5. The van der Waals surface area contributed by atoms with E-state index in [1.165, 1.54) is 4.57 Å². The lowest BCUT2D eigenvalue weighted by Gasteiger charge is -2.14. The van der Waals surface area contributed by atoms with Crippen LogP contribution < -0.4 is 5.56 Å². The van der Waals surface area contributed by atoms with Gasteiger partial charge in [-0.3, -0.25) is 4.79 Å². The lowest BCUT2D eigenvalue weighted by atomic mass is 9.92. The zero-order valence-corrected chi connectivity index (χ0v) is 22.8. The summed E-state index contributed by atoms with van der Waals surface area (Å²) in [5.41, 5.74) is 2.25. The molecule has 2 heterocycles. The number of para-hydroxylation sites is 1. The van der Waals surface area contributed by atoms with E-state index in [-0.39, 0.29) is 17.9 Å². The molecule has 8 nitrogen and oxygen atoms in total. The van der Waals surface area contributed by atoms with Gasteiger partial charge in [-0.25, -0.2) is 19.0 Å². The molecule has 0 aliphatic heterocycles.